The maximum atomic E-state index is 9.72. The van der Waals surface area contributed by atoms with Gasteiger partial charge in [-0.1, -0.05) is 0 Å². The Labute approximate surface area is 80.3 Å². The monoisotopic (exact) mass is 191 g/mol. The van der Waals surface area contributed by atoms with Crippen LogP contribution in [0, 0.1) is 0 Å². The van der Waals surface area contributed by atoms with Gasteiger partial charge in [-0.05, 0) is 0 Å². The molecule has 0 saturated carbocycles. The van der Waals surface area contributed by atoms with E-state index in [-0.39, 0.29) is 0 Å². The van der Waals surface area contributed by atoms with Crippen LogP contribution >= 0.6 is 0 Å². The van der Waals surface area contributed by atoms with Gasteiger partial charge in [-0.2, -0.15) is 5.10 Å². The highest BCUT2D eigenvalue weighted by Gasteiger charge is 2.08. The van der Waals surface area contributed by atoms with Crippen LogP contribution in [0.2, 0.25) is 0 Å². The smallest absolute Gasteiger partial charge is 0.137 e. The second-order valence-electron chi connectivity index (χ2n) is 2.81. The summed E-state index contributed by atoms with van der Waals surface area (Å²) in [5.41, 5.74) is 0.669. The number of hydrogen-bond acceptors (Lipinski definition) is 5. The zero-order valence-corrected chi connectivity index (χ0v) is 7.35. The summed E-state index contributed by atoms with van der Waals surface area (Å²) < 4.78 is 1.55. The van der Waals surface area contributed by atoms with E-state index in [1.807, 2.05) is 0 Å². The Balaban J connectivity index is 2.07. The third-order valence-corrected chi connectivity index (χ3v) is 1.79. The van der Waals surface area contributed by atoms with E-state index >= 15 is 0 Å². The fourth-order valence-electron chi connectivity index (χ4n) is 1.09. The zero-order valence-electron chi connectivity index (χ0n) is 7.35. The maximum absolute atomic E-state index is 9.72. The van der Waals surface area contributed by atoms with E-state index in [4.69, 9.17) is 0 Å². The Hall–Kier alpha value is -1.82. The highest BCUT2D eigenvalue weighted by Crippen LogP contribution is 2.10. The van der Waals surface area contributed by atoms with Gasteiger partial charge in [0, 0.05) is 18.0 Å². The molecule has 0 radical (unpaired) electrons. The van der Waals surface area contributed by atoms with Crippen molar-refractivity contribution < 1.29 is 5.11 Å². The number of hydrogen-bond donors (Lipinski definition) is 1. The Morgan fingerprint density at radius 3 is 2.64 bits per heavy atom. The average Bonchev–Trinajstić information content (AvgIpc) is 2.72. The van der Waals surface area contributed by atoms with Crippen molar-refractivity contribution in [3.8, 4) is 0 Å². The molecule has 1 N–H and O–H groups in total. The quantitative estimate of drug-likeness (QED) is 0.727. The molecule has 14 heavy (non-hydrogen) atoms. The van der Waals surface area contributed by atoms with E-state index in [2.05, 4.69) is 20.1 Å². The third-order valence-electron chi connectivity index (χ3n) is 1.79. The lowest BCUT2D eigenvalue weighted by molar-refractivity contribution is 0.150. The minimum absolute atomic E-state index is 0.355. The van der Waals surface area contributed by atoms with Crippen LogP contribution in [0.25, 0.3) is 0 Å². The van der Waals surface area contributed by atoms with Crippen LogP contribution < -0.4 is 0 Å². The van der Waals surface area contributed by atoms with E-state index in [9.17, 15) is 5.11 Å². The van der Waals surface area contributed by atoms with E-state index in [1.54, 1.807) is 23.4 Å². The minimum atomic E-state index is -0.655. The topological polar surface area (TPSA) is 76.7 Å². The average molecular weight is 191 g/mol. The number of aliphatic hydroxyl groups excluding tert-OH is 1. The molecule has 6 nitrogen and oxygen atoms in total. The molecule has 0 aromatic carbocycles. The van der Waals surface area contributed by atoms with Crippen molar-refractivity contribution in [3.63, 3.8) is 0 Å². The van der Waals surface area contributed by atoms with Gasteiger partial charge < -0.3 is 5.11 Å². The van der Waals surface area contributed by atoms with Crippen molar-refractivity contribution in [2.24, 2.45) is 0 Å². The molecule has 1 atom stereocenters. The van der Waals surface area contributed by atoms with Gasteiger partial charge in [0.05, 0.1) is 6.54 Å². The summed E-state index contributed by atoms with van der Waals surface area (Å²) in [7, 11) is 0. The van der Waals surface area contributed by atoms with Crippen LogP contribution in [-0.4, -0.2) is 29.8 Å². The van der Waals surface area contributed by atoms with Crippen LogP contribution in [0.4, 0.5) is 0 Å². The predicted molar refractivity (Wildman–Crippen MR) is 47.0 cm³/mol. The molecular weight excluding hydrogens is 182 g/mol. The SMILES string of the molecule is OC(Cn1cncn1)c1cncnc1. The molecule has 0 bridgehead atoms. The minimum Gasteiger partial charge on any atom is -0.386 e. The van der Waals surface area contributed by atoms with Crippen LogP contribution in [-0.2, 0) is 6.54 Å². The van der Waals surface area contributed by atoms with Gasteiger partial charge in [-0.3, -0.25) is 4.68 Å². The molecule has 72 valence electrons. The summed E-state index contributed by atoms with van der Waals surface area (Å²) >= 11 is 0. The van der Waals surface area contributed by atoms with Gasteiger partial charge in [-0.15, -0.1) is 0 Å². The second kappa shape index (κ2) is 3.93. The first-order chi connectivity index (χ1) is 6.86. The molecule has 2 aromatic rings. The van der Waals surface area contributed by atoms with Crippen molar-refractivity contribution in [1.29, 1.82) is 0 Å². The second-order valence-corrected chi connectivity index (χ2v) is 2.81. The van der Waals surface area contributed by atoms with E-state index in [0.29, 0.717) is 12.1 Å². The van der Waals surface area contributed by atoms with Crippen molar-refractivity contribution in [2.75, 3.05) is 0 Å². The van der Waals surface area contributed by atoms with Crippen molar-refractivity contribution in [2.45, 2.75) is 12.6 Å². The molecule has 1 unspecified atom stereocenters. The Kier molecular flexibility index (Phi) is 2.46. The van der Waals surface area contributed by atoms with Gasteiger partial charge in [0.1, 0.15) is 25.1 Å². The zero-order chi connectivity index (χ0) is 9.80. The largest absolute Gasteiger partial charge is 0.386 e. The summed E-state index contributed by atoms with van der Waals surface area (Å²) in [4.78, 5) is 11.4. The van der Waals surface area contributed by atoms with Gasteiger partial charge in [-0.25, -0.2) is 15.0 Å². The fourth-order valence-corrected chi connectivity index (χ4v) is 1.09. The number of rotatable bonds is 3. The first-order valence-corrected chi connectivity index (χ1v) is 4.11. The third kappa shape index (κ3) is 1.91. The fraction of sp³-hybridized carbons (Fsp3) is 0.250. The number of nitrogens with zero attached hydrogens (tertiary/aromatic N) is 5. The van der Waals surface area contributed by atoms with E-state index in [1.165, 1.54) is 12.7 Å². The molecule has 0 aliphatic rings. The molecule has 6 heteroatoms. The van der Waals surface area contributed by atoms with E-state index in [0.717, 1.165) is 0 Å². The summed E-state index contributed by atoms with van der Waals surface area (Å²) in [6.45, 7) is 0.355. The predicted octanol–water partition coefficient (Wildman–Crippen LogP) is -0.198. The molecular formula is C8H9N5O. The van der Waals surface area contributed by atoms with Crippen LogP contribution in [0.5, 0.6) is 0 Å². The number of aromatic nitrogens is 5. The standard InChI is InChI=1S/C8H9N5O/c14-8(3-13-6-11-5-12-13)7-1-9-4-10-2-7/h1-2,4-6,8,14H,3H2. The molecule has 0 fully saturated rings. The molecule has 2 heterocycles. The summed E-state index contributed by atoms with van der Waals surface area (Å²) in [6, 6.07) is 0. The molecule has 0 spiro atoms. The summed E-state index contributed by atoms with van der Waals surface area (Å²) in [6.07, 6.45) is 6.90. The van der Waals surface area contributed by atoms with Gasteiger partial charge in [0.2, 0.25) is 0 Å². The van der Waals surface area contributed by atoms with Crippen molar-refractivity contribution in [1.82, 2.24) is 24.7 Å². The molecule has 2 aromatic heterocycles. The summed E-state index contributed by atoms with van der Waals surface area (Å²) in [5, 5.41) is 13.6. The molecule has 0 aliphatic carbocycles. The Morgan fingerprint density at radius 1 is 1.21 bits per heavy atom. The van der Waals surface area contributed by atoms with Gasteiger partial charge in [0.15, 0.2) is 0 Å². The highest BCUT2D eigenvalue weighted by molar-refractivity contribution is 5.05. The molecule has 2 rings (SSSR count). The molecule has 0 aliphatic heterocycles. The van der Waals surface area contributed by atoms with Gasteiger partial charge in [0.25, 0.3) is 0 Å². The Morgan fingerprint density at radius 2 is 2.00 bits per heavy atom. The van der Waals surface area contributed by atoms with Crippen molar-refractivity contribution >= 4 is 0 Å². The van der Waals surface area contributed by atoms with Crippen LogP contribution in [0.3, 0.4) is 0 Å². The Bertz CT molecular complexity index is 374. The normalized spacial score (nSPS) is 12.6. The lowest BCUT2D eigenvalue weighted by Gasteiger charge is -2.08. The lowest BCUT2D eigenvalue weighted by atomic mass is 10.2. The first-order valence-electron chi connectivity index (χ1n) is 4.11. The number of aliphatic hydroxyl groups is 1. The van der Waals surface area contributed by atoms with Crippen LogP contribution in [0.1, 0.15) is 11.7 Å². The first kappa shape index (κ1) is 8.76. The van der Waals surface area contributed by atoms with E-state index < -0.39 is 6.10 Å². The van der Waals surface area contributed by atoms with Crippen LogP contribution in [0.15, 0.2) is 31.4 Å². The highest BCUT2D eigenvalue weighted by atomic mass is 16.3. The molecule has 0 saturated heterocycles. The lowest BCUT2D eigenvalue weighted by Crippen LogP contribution is -2.09. The summed E-state index contributed by atoms with van der Waals surface area (Å²) in [5.74, 6) is 0. The van der Waals surface area contributed by atoms with Gasteiger partial charge >= 0.3 is 0 Å². The maximum Gasteiger partial charge on any atom is 0.137 e. The van der Waals surface area contributed by atoms with Crippen molar-refractivity contribution in [3.05, 3.63) is 36.9 Å². The molecule has 0 amide bonds.